The average molecular weight is 288 g/mol. The van der Waals surface area contributed by atoms with Gasteiger partial charge in [-0.3, -0.25) is 4.79 Å². The highest BCUT2D eigenvalue weighted by Crippen LogP contribution is 2.29. The van der Waals surface area contributed by atoms with Crippen molar-refractivity contribution in [1.29, 1.82) is 0 Å². The Hall–Kier alpha value is -1.55. The molecule has 2 atom stereocenters. The number of carbonyl (C=O) groups excluding carboxylic acids is 1. The van der Waals surface area contributed by atoms with Gasteiger partial charge in [-0.15, -0.1) is 0 Å². The van der Waals surface area contributed by atoms with E-state index in [0.717, 1.165) is 25.9 Å². The first-order chi connectivity index (χ1) is 10.1. The van der Waals surface area contributed by atoms with Gasteiger partial charge >= 0.3 is 0 Å². The van der Waals surface area contributed by atoms with Crippen LogP contribution >= 0.6 is 0 Å². The van der Waals surface area contributed by atoms with Gasteiger partial charge < -0.3 is 14.9 Å². The first-order valence-corrected chi connectivity index (χ1v) is 7.92. The van der Waals surface area contributed by atoms with Gasteiger partial charge in [-0.2, -0.15) is 0 Å². The molecule has 0 bridgehead atoms. The third-order valence-corrected chi connectivity index (χ3v) is 4.47. The number of likely N-dealkylation sites (tertiary alicyclic amines) is 1. The van der Waals surface area contributed by atoms with Crippen molar-refractivity contribution in [1.82, 2.24) is 4.90 Å². The number of aliphatic hydroxyl groups is 1. The van der Waals surface area contributed by atoms with E-state index in [9.17, 15) is 9.90 Å². The maximum Gasteiger partial charge on any atom is 0.222 e. The lowest BCUT2D eigenvalue weighted by Gasteiger charge is -2.36. The van der Waals surface area contributed by atoms with Crippen LogP contribution in [0.15, 0.2) is 24.3 Å². The number of aliphatic hydroxyl groups excluding tert-OH is 1. The summed E-state index contributed by atoms with van der Waals surface area (Å²) in [5.74, 6) is 0.780. The summed E-state index contributed by atoms with van der Waals surface area (Å²) >= 11 is 0. The molecule has 114 valence electrons. The number of amides is 1. The molecule has 21 heavy (non-hydrogen) atoms. The smallest absolute Gasteiger partial charge is 0.222 e. The van der Waals surface area contributed by atoms with Crippen molar-refractivity contribution in [2.45, 2.75) is 32.3 Å². The maximum absolute atomic E-state index is 11.7. The topological polar surface area (TPSA) is 43.8 Å². The molecule has 4 heteroatoms. The van der Waals surface area contributed by atoms with Crippen molar-refractivity contribution in [3.05, 3.63) is 29.8 Å². The van der Waals surface area contributed by atoms with E-state index < -0.39 is 6.10 Å². The van der Waals surface area contributed by atoms with E-state index >= 15 is 0 Å². The summed E-state index contributed by atoms with van der Waals surface area (Å²) in [6, 6.07) is 8.44. The fraction of sp³-hybridized carbons (Fsp3) is 0.588. The first-order valence-electron chi connectivity index (χ1n) is 7.92. The molecule has 3 rings (SSSR count). The molecule has 1 fully saturated rings. The molecule has 0 aromatic heterocycles. The first kappa shape index (κ1) is 14.4. The van der Waals surface area contributed by atoms with Gasteiger partial charge in [-0.25, -0.2) is 0 Å². The number of β-amino-alcohol motifs (C(OH)–C–C–N with tert-alkyl or cyclic N) is 1. The van der Waals surface area contributed by atoms with Crippen LogP contribution in [0.4, 0.5) is 5.69 Å². The molecule has 2 aliphatic heterocycles. The molecule has 0 radical (unpaired) electrons. The molecule has 1 amide bonds. The van der Waals surface area contributed by atoms with Crippen LogP contribution in [0.1, 0.15) is 25.3 Å². The van der Waals surface area contributed by atoms with Crippen LogP contribution in [-0.2, 0) is 11.2 Å². The standard InChI is InChI=1S/C17H24N2O2/c1-13-9-14-5-2-3-6-16(14)19(10-13)12-15(20)11-18-8-4-7-17(18)21/h2-3,5-6,13,15,20H,4,7-12H2,1H3. The van der Waals surface area contributed by atoms with E-state index in [1.165, 1.54) is 11.3 Å². The van der Waals surface area contributed by atoms with Crippen molar-refractivity contribution in [2.75, 3.05) is 31.1 Å². The number of rotatable bonds is 4. The lowest BCUT2D eigenvalue weighted by molar-refractivity contribution is -0.128. The monoisotopic (exact) mass is 288 g/mol. The molecule has 0 spiro atoms. The highest BCUT2D eigenvalue weighted by Gasteiger charge is 2.26. The largest absolute Gasteiger partial charge is 0.389 e. The predicted octanol–water partition coefficient (Wildman–Crippen LogP) is 1.67. The van der Waals surface area contributed by atoms with Gasteiger partial charge in [0.15, 0.2) is 0 Å². The molecule has 0 saturated carbocycles. The maximum atomic E-state index is 11.7. The van der Waals surface area contributed by atoms with E-state index in [1.807, 2.05) is 0 Å². The minimum Gasteiger partial charge on any atom is -0.389 e. The summed E-state index contributed by atoms with van der Waals surface area (Å²) in [6.07, 6.45) is 2.18. The van der Waals surface area contributed by atoms with Crippen LogP contribution in [0.25, 0.3) is 0 Å². The van der Waals surface area contributed by atoms with Crippen LogP contribution in [0.2, 0.25) is 0 Å². The minimum absolute atomic E-state index is 0.182. The van der Waals surface area contributed by atoms with E-state index in [2.05, 4.69) is 36.1 Å². The van der Waals surface area contributed by atoms with E-state index in [4.69, 9.17) is 0 Å². The molecule has 2 heterocycles. The molecule has 2 aliphatic rings. The fourth-order valence-corrected chi connectivity index (χ4v) is 3.54. The fourth-order valence-electron chi connectivity index (χ4n) is 3.54. The third kappa shape index (κ3) is 3.21. The van der Waals surface area contributed by atoms with Crippen molar-refractivity contribution in [3.8, 4) is 0 Å². The molecular formula is C17H24N2O2. The van der Waals surface area contributed by atoms with Crippen LogP contribution < -0.4 is 4.90 Å². The summed E-state index contributed by atoms with van der Waals surface area (Å²) in [7, 11) is 0. The van der Waals surface area contributed by atoms with Crippen LogP contribution in [0, 0.1) is 5.92 Å². The zero-order chi connectivity index (χ0) is 14.8. The minimum atomic E-state index is -0.481. The van der Waals surface area contributed by atoms with Crippen LogP contribution in [-0.4, -0.2) is 48.2 Å². The quantitative estimate of drug-likeness (QED) is 0.916. The lowest BCUT2D eigenvalue weighted by Crippen LogP contribution is -2.44. The zero-order valence-electron chi connectivity index (χ0n) is 12.7. The van der Waals surface area contributed by atoms with Crippen molar-refractivity contribution >= 4 is 11.6 Å². The number of anilines is 1. The molecule has 0 aliphatic carbocycles. The molecule has 1 N–H and O–H groups in total. The molecule has 1 saturated heterocycles. The molecular weight excluding hydrogens is 264 g/mol. The van der Waals surface area contributed by atoms with Gasteiger partial charge in [-0.05, 0) is 30.4 Å². The Morgan fingerprint density at radius 1 is 1.29 bits per heavy atom. The van der Waals surface area contributed by atoms with Crippen LogP contribution in [0.3, 0.4) is 0 Å². The van der Waals surface area contributed by atoms with E-state index in [-0.39, 0.29) is 5.91 Å². The summed E-state index contributed by atoms with van der Waals surface area (Å²) in [4.78, 5) is 15.7. The Balaban J connectivity index is 1.65. The molecule has 1 aromatic carbocycles. The Kier molecular flexibility index (Phi) is 4.15. The Bertz CT molecular complexity index is 517. The normalized spacial score (nSPS) is 23.3. The third-order valence-electron chi connectivity index (χ3n) is 4.47. The number of hydrogen-bond donors (Lipinski definition) is 1. The Morgan fingerprint density at radius 3 is 2.81 bits per heavy atom. The van der Waals surface area contributed by atoms with Gasteiger partial charge in [0.2, 0.25) is 5.91 Å². The second-order valence-electron chi connectivity index (χ2n) is 6.44. The number of hydrogen-bond acceptors (Lipinski definition) is 3. The molecule has 1 aromatic rings. The van der Waals surface area contributed by atoms with Crippen LogP contribution in [0.5, 0.6) is 0 Å². The molecule has 4 nitrogen and oxygen atoms in total. The van der Waals surface area contributed by atoms with Gasteiger partial charge in [0, 0.05) is 38.3 Å². The Labute approximate surface area is 126 Å². The number of fused-ring (bicyclic) bond motifs is 1. The Morgan fingerprint density at radius 2 is 2.05 bits per heavy atom. The van der Waals surface area contributed by atoms with Crippen molar-refractivity contribution in [3.63, 3.8) is 0 Å². The SMILES string of the molecule is CC1Cc2ccccc2N(CC(O)CN2CCCC2=O)C1. The van der Waals surface area contributed by atoms with Gasteiger partial charge in [0.25, 0.3) is 0 Å². The number of nitrogens with zero attached hydrogens (tertiary/aromatic N) is 2. The van der Waals surface area contributed by atoms with E-state index in [1.54, 1.807) is 4.90 Å². The van der Waals surface area contributed by atoms with Crippen molar-refractivity contribution in [2.24, 2.45) is 5.92 Å². The predicted molar refractivity (Wildman–Crippen MR) is 83.3 cm³/mol. The van der Waals surface area contributed by atoms with Gasteiger partial charge in [-0.1, -0.05) is 25.1 Å². The number of benzene rings is 1. The second kappa shape index (κ2) is 6.06. The summed E-state index contributed by atoms with van der Waals surface area (Å²) in [6.45, 7) is 5.08. The number of carbonyl (C=O) groups is 1. The lowest BCUT2D eigenvalue weighted by atomic mass is 9.93. The number of para-hydroxylation sites is 1. The second-order valence-corrected chi connectivity index (χ2v) is 6.44. The highest BCUT2D eigenvalue weighted by molar-refractivity contribution is 5.78. The van der Waals surface area contributed by atoms with Gasteiger partial charge in [0.05, 0.1) is 6.10 Å². The zero-order valence-corrected chi connectivity index (χ0v) is 12.7. The van der Waals surface area contributed by atoms with E-state index in [0.29, 0.717) is 25.4 Å². The average Bonchev–Trinajstić information content (AvgIpc) is 2.84. The highest BCUT2D eigenvalue weighted by atomic mass is 16.3. The molecule has 2 unspecified atom stereocenters. The summed E-state index contributed by atoms with van der Waals surface area (Å²) in [5, 5.41) is 10.4. The van der Waals surface area contributed by atoms with Crippen molar-refractivity contribution < 1.29 is 9.90 Å². The summed E-state index contributed by atoms with van der Waals surface area (Å²) < 4.78 is 0. The van der Waals surface area contributed by atoms with Gasteiger partial charge in [0.1, 0.15) is 0 Å². The summed E-state index contributed by atoms with van der Waals surface area (Å²) in [5.41, 5.74) is 2.60.